The van der Waals surface area contributed by atoms with Crippen LogP contribution in [0.1, 0.15) is 17.0 Å². The molecule has 90 valence electrons. The van der Waals surface area contributed by atoms with Gasteiger partial charge in [0.15, 0.2) is 0 Å². The minimum Gasteiger partial charge on any atom is -0.316 e. The smallest absolute Gasteiger partial charge is 0.214 e. The number of aryl methyl sites for hydroxylation is 2. The average Bonchev–Trinajstić information content (AvgIpc) is 2.69. The van der Waals surface area contributed by atoms with Crippen LogP contribution < -0.4 is 5.32 Å². The third kappa shape index (κ3) is 3.04. The van der Waals surface area contributed by atoms with E-state index in [1.165, 1.54) is 17.3 Å². The van der Waals surface area contributed by atoms with Crippen LogP contribution in [0, 0.1) is 13.8 Å². The van der Waals surface area contributed by atoms with Crippen LogP contribution >= 0.6 is 11.8 Å². The molecule has 0 saturated heterocycles. The standard InChI is InChI=1S/C11H15N5S/c1-7-4-9(5-12-3)6-13-10(7)17-11-14-8(2)15-16-11/h4,6,12H,5H2,1-3H3,(H,14,15,16). The number of hydrogen-bond acceptors (Lipinski definition) is 5. The molecule has 0 amide bonds. The second kappa shape index (κ2) is 5.29. The highest BCUT2D eigenvalue weighted by Crippen LogP contribution is 2.25. The lowest BCUT2D eigenvalue weighted by Gasteiger charge is -2.05. The molecule has 2 aromatic heterocycles. The molecule has 0 atom stereocenters. The Morgan fingerprint density at radius 1 is 1.41 bits per heavy atom. The van der Waals surface area contributed by atoms with E-state index in [9.17, 15) is 0 Å². The van der Waals surface area contributed by atoms with Gasteiger partial charge < -0.3 is 5.32 Å². The van der Waals surface area contributed by atoms with Crippen molar-refractivity contribution in [1.29, 1.82) is 0 Å². The predicted molar refractivity (Wildman–Crippen MR) is 67.0 cm³/mol. The summed E-state index contributed by atoms with van der Waals surface area (Å²) in [5, 5.41) is 11.7. The number of hydrogen-bond donors (Lipinski definition) is 2. The summed E-state index contributed by atoms with van der Waals surface area (Å²) < 4.78 is 0. The second-order valence-corrected chi connectivity index (χ2v) is 4.76. The molecular weight excluding hydrogens is 234 g/mol. The van der Waals surface area contributed by atoms with Crippen molar-refractivity contribution < 1.29 is 0 Å². The molecule has 2 N–H and O–H groups in total. The van der Waals surface area contributed by atoms with E-state index in [4.69, 9.17) is 0 Å². The van der Waals surface area contributed by atoms with Gasteiger partial charge in [0.05, 0.1) is 0 Å². The molecule has 0 spiro atoms. The summed E-state index contributed by atoms with van der Waals surface area (Å²) in [6, 6.07) is 2.13. The Labute approximate surface area is 104 Å². The van der Waals surface area contributed by atoms with Crippen LogP contribution in [0.15, 0.2) is 22.4 Å². The minimum absolute atomic E-state index is 0.708. The number of nitrogens with one attached hydrogen (secondary N) is 2. The second-order valence-electron chi connectivity index (χ2n) is 3.80. The maximum absolute atomic E-state index is 4.43. The highest BCUT2D eigenvalue weighted by molar-refractivity contribution is 7.99. The molecule has 0 aliphatic rings. The van der Waals surface area contributed by atoms with Crippen LogP contribution in [0.2, 0.25) is 0 Å². The molecule has 17 heavy (non-hydrogen) atoms. The van der Waals surface area contributed by atoms with E-state index in [1.807, 2.05) is 27.1 Å². The fourth-order valence-electron chi connectivity index (χ4n) is 1.48. The van der Waals surface area contributed by atoms with Crippen molar-refractivity contribution in [2.45, 2.75) is 30.6 Å². The molecule has 2 heterocycles. The lowest BCUT2D eigenvalue weighted by molar-refractivity contribution is 0.806. The van der Waals surface area contributed by atoms with E-state index in [1.54, 1.807) is 0 Å². The van der Waals surface area contributed by atoms with Gasteiger partial charge in [-0.3, -0.25) is 5.10 Å². The van der Waals surface area contributed by atoms with E-state index in [0.717, 1.165) is 23.0 Å². The normalized spacial score (nSPS) is 10.8. The molecule has 0 aliphatic carbocycles. The minimum atomic E-state index is 0.708. The van der Waals surface area contributed by atoms with Crippen molar-refractivity contribution in [3.8, 4) is 0 Å². The van der Waals surface area contributed by atoms with Crippen molar-refractivity contribution in [2.75, 3.05) is 7.05 Å². The zero-order chi connectivity index (χ0) is 12.3. The van der Waals surface area contributed by atoms with Crippen molar-refractivity contribution in [3.63, 3.8) is 0 Å². The molecule has 0 fully saturated rings. The summed E-state index contributed by atoms with van der Waals surface area (Å²) in [6.07, 6.45) is 1.88. The maximum atomic E-state index is 4.43. The number of aromatic amines is 1. The van der Waals surface area contributed by atoms with Crippen LogP contribution in [0.5, 0.6) is 0 Å². The molecule has 0 aliphatic heterocycles. The Hall–Kier alpha value is -1.40. The molecule has 2 aromatic rings. The van der Waals surface area contributed by atoms with Crippen LogP contribution in [-0.2, 0) is 6.54 Å². The van der Waals surface area contributed by atoms with Crippen molar-refractivity contribution >= 4 is 11.8 Å². The number of aromatic nitrogens is 4. The molecule has 0 aromatic carbocycles. The highest BCUT2D eigenvalue weighted by atomic mass is 32.2. The Bertz CT molecular complexity index is 508. The van der Waals surface area contributed by atoms with Crippen LogP contribution in [0.4, 0.5) is 0 Å². The largest absolute Gasteiger partial charge is 0.316 e. The third-order valence-corrected chi connectivity index (χ3v) is 3.22. The first-order valence-corrected chi connectivity index (χ1v) is 6.17. The first kappa shape index (κ1) is 12.1. The number of pyridine rings is 1. The summed E-state index contributed by atoms with van der Waals surface area (Å²) in [6.45, 7) is 4.76. The lowest BCUT2D eigenvalue weighted by atomic mass is 10.2. The lowest BCUT2D eigenvalue weighted by Crippen LogP contribution is -2.05. The molecule has 0 unspecified atom stereocenters. The Morgan fingerprint density at radius 3 is 2.82 bits per heavy atom. The zero-order valence-corrected chi connectivity index (χ0v) is 10.9. The number of H-pyrrole nitrogens is 1. The molecular formula is C11H15N5S. The van der Waals surface area contributed by atoms with Gasteiger partial charge in [0.2, 0.25) is 5.16 Å². The Morgan fingerprint density at radius 2 is 2.24 bits per heavy atom. The summed E-state index contributed by atoms with van der Waals surface area (Å²) in [5.41, 5.74) is 2.32. The van der Waals surface area contributed by atoms with Crippen molar-refractivity contribution in [2.24, 2.45) is 0 Å². The van der Waals surface area contributed by atoms with Gasteiger partial charge in [-0.05, 0) is 43.8 Å². The zero-order valence-electron chi connectivity index (χ0n) is 10.1. The van der Waals surface area contributed by atoms with Crippen LogP contribution in [0.25, 0.3) is 0 Å². The Kier molecular flexibility index (Phi) is 3.75. The molecule has 6 heteroatoms. The first-order chi connectivity index (χ1) is 8.19. The van der Waals surface area contributed by atoms with Gasteiger partial charge in [-0.25, -0.2) is 9.97 Å². The Balaban J connectivity index is 2.16. The average molecular weight is 249 g/mol. The fraction of sp³-hybridized carbons (Fsp3) is 0.364. The fourth-order valence-corrected chi connectivity index (χ4v) is 2.25. The predicted octanol–water partition coefficient (Wildman–Crippen LogP) is 1.69. The van der Waals surface area contributed by atoms with Gasteiger partial charge in [0, 0.05) is 12.7 Å². The van der Waals surface area contributed by atoms with Crippen molar-refractivity contribution in [1.82, 2.24) is 25.5 Å². The van der Waals surface area contributed by atoms with Gasteiger partial charge in [-0.15, -0.1) is 5.10 Å². The SMILES string of the molecule is CNCc1cnc(Sc2n[nH]c(C)n2)c(C)c1. The van der Waals surface area contributed by atoms with Gasteiger partial charge >= 0.3 is 0 Å². The highest BCUT2D eigenvalue weighted by Gasteiger charge is 2.07. The first-order valence-electron chi connectivity index (χ1n) is 5.36. The van der Waals surface area contributed by atoms with E-state index in [2.05, 4.69) is 31.5 Å². The summed E-state index contributed by atoms with van der Waals surface area (Å²) in [5.74, 6) is 0.817. The summed E-state index contributed by atoms with van der Waals surface area (Å²) >= 11 is 1.48. The number of rotatable bonds is 4. The summed E-state index contributed by atoms with van der Waals surface area (Å²) in [4.78, 5) is 8.68. The summed E-state index contributed by atoms with van der Waals surface area (Å²) in [7, 11) is 1.93. The molecule has 0 radical (unpaired) electrons. The van der Waals surface area contributed by atoms with Gasteiger partial charge in [-0.1, -0.05) is 6.07 Å². The molecule has 2 rings (SSSR count). The van der Waals surface area contributed by atoms with Crippen molar-refractivity contribution in [3.05, 3.63) is 29.2 Å². The van der Waals surface area contributed by atoms with Crippen LogP contribution in [0.3, 0.4) is 0 Å². The van der Waals surface area contributed by atoms with Gasteiger partial charge in [0.25, 0.3) is 0 Å². The van der Waals surface area contributed by atoms with Gasteiger partial charge in [0.1, 0.15) is 10.9 Å². The topological polar surface area (TPSA) is 66.5 Å². The molecule has 5 nitrogen and oxygen atoms in total. The van der Waals surface area contributed by atoms with E-state index < -0.39 is 0 Å². The van der Waals surface area contributed by atoms with Gasteiger partial charge in [-0.2, -0.15) is 0 Å². The number of nitrogens with zero attached hydrogens (tertiary/aromatic N) is 3. The molecule has 0 bridgehead atoms. The maximum Gasteiger partial charge on any atom is 0.214 e. The van der Waals surface area contributed by atoms with E-state index in [0.29, 0.717) is 5.16 Å². The van der Waals surface area contributed by atoms with Crippen LogP contribution in [-0.4, -0.2) is 27.2 Å². The quantitative estimate of drug-likeness (QED) is 0.863. The van der Waals surface area contributed by atoms with E-state index >= 15 is 0 Å². The monoisotopic (exact) mass is 249 g/mol. The third-order valence-electron chi connectivity index (χ3n) is 2.23. The molecule has 0 saturated carbocycles. The van der Waals surface area contributed by atoms with E-state index in [-0.39, 0.29) is 0 Å².